The first-order valence-electron chi connectivity index (χ1n) is 5.11. The molecule has 1 atom stereocenters. The number of carbonyl (C=O) groups excluding carboxylic acids is 1. The third kappa shape index (κ3) is 2.32. The van der Waals surface area contributed by atoms with Gasteiger partial charge in [0.05, 0.1) is 10.6 Å². The normalized spacial score (nSPS) is 19.8. The predicted octanol–water partition coefficient (Wildman–Crippen LogP) is 1.93. The maximum Gasteiger partial charge on any atom is 0.259 e. The lowest BCUT2D eigenvalue weighted by Crippen LogP contribution is -2.31. The van der Waals surface area contributed by atoms with Crippen LogP contribution in [-0.4, -0.2) is 35.1 Å². The van der Waals surface area contributed by atoms with Gasteiger partial charge in [-0.3, -0.25) is 4.79 Å². The summed E-state index contributed by atoms with van der Waals surface area (Å²) in [6.45, 7) is 0.426. The Morgan fingerprint density at radius 2 is 2.18 bits per heavy atom. The molecule has 0 spiro atoms. The van der Waals surface area contributed by atoms with E-state index in [1.54, 1.807) is 0 Å². The topological polar surface area (TPSA) is 40.5 Å². The van der Waals surface area contributed by atoms with Gasteiger partial charge in [-0.15, -0.1) is 0 Å². The highest BCUT2D eigenvalue weighted by atomic mass is 79.9. The van der Waals surface area contributed by atoms with Crippen molar-refractivity contribution in [3.63, 3.8) is 0 Å². The molecule has 1 heterocycles. The summed E-state index contributed by atoms with van der Waals surface area (Å²) in [5.41, 5.74) is -0.575. The molecule has 17 heavy (non-hydrogen) atoms. The van der Waals surface area contributed by atoms with Crippen LogP contribution in [0.5, 0.6) is 0 Å². The van der Waals surface area contributed by atoms with Crippen LogP contribution in [0.3, 0.4) is 0 Å². The number of halogens is 3. The molecule has 0 saturated carbocycles. The van der Waals surface area contributed by atoms with Crippen LogP contribution in [0.1, 0.15) is 16.8 Å². The van der Waals surface area contributed by atoms with Crippen LogP contribution in [0, 0.1) is 11.6 Å². The zero-order valence-corrected chi connectivity index (χ0v) is 10.4. The first kappa shape index (κ1) is 12.4. The predicted molar refractivity (Wildman–Crippen MR) is 60.6 cm³/mol. The van der Waals surface area contributed by atoms with Crippen LogP contribution in [-0.2, 0) is 0 Å². The van der Waals surface area contributed by atoms with Crippen molar-refractivity contribution in [2.45, 2.75) is 12.5 Å². The Kier molecular flexibility index (Phi) is 3.44. The summed E-state index contributed by atoms with van der Waals surface area (Å²) in [7, 11) is 0. The van der Waals surface area contributed by atoms with Crippen molar-refractivity contribution in [3.8, 4) is 0 Å². The van der Waals surface area contributed by atoms with Gasteiger partial charge in [-0.1, -0.05) is 0 Å². The van der Waals surface area contributed by atoms with Crippen LogP contribution < -0.4 is 0 Å². The number of benzene rings is 1. The van der Waals surface area contributed by atoms with E-state index < -0.39 is 29.2 Å². The van der Waals surface area contributed by atoms with E-state index >= 15 is 0 Å². The van der Waals surface area contributed by atoms with E-state index in [4.69, 9.17) is 0 Å². The second-order valence-corrected chi connectivity index (χ2v) is 4.77. The molecule has 1 unspecified atom stereocenters. The molecule has 1 aliphatic heterocycles. The number of likely N-dealkylation sites (tertiary alicyclic amines) is 1. The Morgan fingerprint density at radius 3 is 2.76 bits per heavy atom. The summed E-state index contributed by atoms with van der Waals surface area (Å²) in [4.78, 5) is 13.1. The van der Waals surface area contributed by atoms with Crippen molar-refractivity contribution in [2.75, 3.05) is 13.1 Å². The van der Waals surface area contributed by atoms with Crippen LogP contribution in [0.2, 0.25) is 0 Å². The quantitative estimate of drug-likeness (QED) is 0.806. The van der Waals surface area contributed by atoms with Crippen molar-refractivity contribution >= 4 is 21.8 Å². The number of amides is 1. The fourth-order valence-corrected chi connectivity index (χ4v) is 2.14. The molecular weight excluding hydrogens is 296 g/mol. The largest absolute Gasteiger partial charge is 0.391 e. The number of aliphatic hydroxyl groups excluding tert-OH is 1. The molecule has 6 heteroatoms. The van der Waals surface area contributed by atoms with E-state index in [1.165, 1.54) is 11.0 Å². The van der Waals surface area contributed by atoms with Gasteiger partial charge in [0.25, 0.3) is 5.91 Å². The fourth-order valence-electron chi connectivity index (χ4n) is 1.81. The average molecular weight is 306 g/mol. The second kappa shape index (κ2) is 4.70. The molecule has 1 aromatic rings. The third-order valence-electron chi connectivity index (χ3n) is 2.71. The smallest absolute Gasteiger partial charge is 0.259 e. The van der Waals surface area contributed by atoms with E-state index in [9.17, 15) is 18.7 Å². The molecular formula is C11H10BrF2NO2. The molecule has 2 rings (SSSR count). The highest BCUT2D eigenvalue weighted by Crippen LogP contribution is 2.24. The molecule has 0 aliphatic carbocycles. The lowest BCUT2D eigenvalue weighted by Gasteiger charge is -2.16. The maximum absolute atomic E-state index is 13.7. The van der Waals surface area contributed by atoms with Crippen molar-refractivity contribution in [3.05, 3.63) is 33.8 Å². The Morgan fingerprint density at radius 1 is 1.47 bits per heavy atom. The number of nitrogens with zero attached hydrogens (tertiary/aromatic N) is 1. The number of hydrogen-bond acceptors (Lipinski definition) is 2. The molecule has 1 aromatic carbocycles. The van der Waals surface area contributed by atoms with Gasteiger partial charge in [0.2, 0.25) is 0 Å². The summed E-state index contributed by atoms with van der Waals surface area (Å²) in [5.74, 6) is -2.52. The van der Waals surface area contributed by atoms with E-state index in [0.29, 0.717) is 13.0 Å². The minimum absolute atomic E-state index is 0.0435. The molecule has 1 N–H and O–H groups in total. The summed E-state index contributed by atoms with van der Waals surface area (Å²) in [6, 6.07) is 2.24. The summed E-state index contributed by atoms with van der Waals surface area (Å²) in [6.07, 6.45) is -0.180. The first-order chi connectivity index (χ1) is 8.00. The Balaban J connectivity index is 2.34. The molecule has 1 aliphatic rings. The van der Waals surface area contributed by atoms with E-state index in [-0.39, 0.29) is 11.0 Å². The highest BCUT2D eigenvalue weighted by Gasteiger charge is 2.29. The minimum atomic E-state index is -0.906. The Bertz CT molecular complexity index is 467. The van der Waals surface area contributed by atoms with Crippen LogP contribution in [0.25, 0.3) is 0 Å². The van der Waals surface area contributed by atoms with Gasteiger partial charge in [-0.05, 0) is 34.5 Å². The number of hydrogen-bond donors (Lipinski definition) is 1. The Hall–Kier alpha value is -1.01. The molecule has 0 bridgehead atoms. The molecule has 0 radical (unpaired) electrons. The van der Waals surface area contributed by atoms with Gasteiger partial charge in [0.15, 0.2) is 5.82 Å². The van der Waals surface area contributed by atoms with Gasteiger partial charge in [0.1, 0.15) is 11.4 Å². The molecule has 3 nitrogen and oxygen atoms in total. The fraction of sp³-hybridized carbons (Fsp3) is 0.364. The average Bonchev–Trinajstić information content (AvgIpc) is 2.71. The lowest BCUT2D eigenvalue weighted by molar-refractivity contribution is 0.0755. The molecule has 0 aromatic heterocycles. The summed E-state index contributed by atoms with van der Waals surface area (Å²) >= 11 is 2.91. The Labute approximate surface area is 105 Å². The van der Waals surface area contributed by atoms with Gasteiger partial charge in [-0.2, -0.15) is 0 Å². The van der Waals surface area contributed by atoms with Gasteiger partial charge in [0, 0.05) is 13.1 Å². The van der Waals surface area contributed by atoms with Crippen molar-refractivity contribution in [1.29, 1.82) is 0 Å². The zero-order valence-electron chi connectivity index (χ0n) is 8.79. The third-order valence-corrected chi connectivity index (χ3v) is 3.32. The number of rotatable bonds is 1. The minimum Gasteiger partial charge on any atom is -0.391 e. The molecule has 92 valence electrons. The van der Waals surface area contributed by atoms with Crippen LogP contribution >= 0.6 is 15.9 Å². The number of β-amino-alcohol motifs (C(OH)–C–C–N with tert-alkyl or cyclic N) is 1. The summed E-state index contributed by atoms with van der Waals surface area (Å²) < 4.78 is 27.2. The molecule has 1 saturated heterocycles. The van der Waals surface area contributed by atoms with E-state index in [2.05, 4.69) is 15.9 Å². The highest BCUT2D eigenvalue weighted by molar-refractivity contribution is 9.10. The molecule has 1 fully saturated rings. The number of aliphatic hydroxyl groups is 1. The van der Waals surface area contributed by atoms with Gasteiger partial charge in [-0.25, -0.2) is 8.78 Å². The number of carbonyl (C=O) groups is 1. The second-order valence-electron chi connectivity index (χ2n) is 3.91. The van der Waals surface area contributed by atoms with Crippen molar-refractivity contribution in [1.82, 2.24) is 4.90 Å². The van der Waals surface area contributed by atoms with E-state index in [1.807, 2.05) is 0 Å². The van der Waals surface area contributed by atoms with Crippen LogP contribution in [0.15, 0.2) is 16.6 Å². The summed E-state index contributed by atoms with van der Waals surface area (Å²) in [5, 5.41) is 9.30. The van der Waals surface area contributed by atoms with Crippen molar-refractivity contribution < 1.29 is 18.7 Å². The van der Waals surface area contributed by atoms with Gasteiger partial charge < -0.3 is 10.0 Å². The van der Waals surface area contributed by atoms with Gasteiger partial charge >= 0.3 is 0 Å². The monoisotopic (exact) mass is 305 g/mol. The zero-order chi connectivity index (χ0) is 12.6. The molecule has 1 amide bonds. The maximum atomic E-state index is 13.7. The SMILES string of the molecule is O=C(c1c(F)ccc(Br)c1F)N1CCC(O)C1. The van der Waals surface area contributed by atoms with Crippen molar-refractivity contribution in [2.24, 2.45) is 0 Å². The standard InChI is InChI=1S/C11H10BrF2NO2/c12-7-1-2-8(13)9(10(7)14)11(17)15-4-3-6(16)5-15/h1-2,6,16H,3-5H2. The van der Waals surface area contributed by atoms with E-state index in [0.717, 1.165) is 6.07 Å². The first-order valence-corrected chi connectivity index (χ1v) is 5.91. The lowest BCUT2D eigenvalue weighted by atomic mass is 10.1. The van der Waals surface area contributed by atoms with Crippen LogP contribution in [0.4, 0.5) is 8.78 Å².